The maximum absolute atomic E-state index is 14.1. The van der Waals surface area contributed by atoms with Crippen LogP contribution >= 0.6 is 0 Å². The number of nitrogens with zero attached hydrogens (tertiary/aromatic N) is 3. The van der Waals surface area contributed by atoms with Crippen molar-refractivity contribution in [3.8, 4) is 11.8 Å². The quantitative estimate of drug-likeness (QED) is 0.848. The lowest BCUT2D eigenvalue weighted by Gasteiger charge is -2.27. The van der Waals surface area contributed by atoms with Gasteiger partial charge in [0, 0.05) is 43.2 Å². The predicted octanol–water partition coefficient (Wildman–Crippen LogP) is 1.38. The van der Waals surface area contributed by atoms with E-state index in [-0.39, 0.29) is 12.4 Å². The van der Waals surface area contributed by atoms with Crippen molar-refractivity contribution in [3.05, 3.63) is 53.4 Å². The van der Waals surface area contributed by atoms with Crippen LogP contribution in [-0.2, 0) is 19.6 Å². The maximum Gasteiger partial charge on any atom is 0.128 e. The summed E-state index contributed by atoms with van der Waals surface area (Å²) in [7, 11) is 0. The third-order valence-corrected chi connectivity index (χ3v) is 3.58. The van der Waals surface area contributed by atoms with Gasteiger partial charge < -0.3 is 9.67 Å². The molecule has 0 amide bonds. The molecular weight excluding hydrogens is 269 g/mol. The molecule has 3 rings (SSSR count). The number of benzene rings is 1. The summed E-state index contributed by atoms with van der Waals surface area (Å²) in [5.74, 6) is 5.99. The van der Waals surface area contributed by atoms with Gasteiger partial charge in [-0.2, -0.15) is 0 Å². The molecule has 0 bridgehead atoms. The van der Waals surface area contributed by atoms with E-state index in [1.165, 1.54) is 6.07 Å². The minimum atomic E-state index is -0.256. The Morgan fingerprint density at radius 1 is 1.33 bits per heavy atom. The van der Waals surface area contributed by atoms with E-state index in [2.05, 4.69) is 26.3 Å². The van der Waals surface area contributed by atoms with E-state index in [0.717, 1.165) is 25.5 Å². The van der Waals surface area contributed by atoms with Crippen LogP contribution in [0.25, 0.3) is 0 Å². The summed E-state index contributed by atoms with van der Waals surface area (Å²) < 4.78 is 16.2. The number of hydrogen-bond donors (Lipinski definition) is 1. The minimum Gasteiger partial charge on any atom is -0.384 e. The number of imidazole rings is 1. The van der Waals surface area contributed by atoms with Crippen LogP contribution in [0.2, 0.25) is 0 Å². The second kappa shape index (κ2) is 6.08. The van der Waals surface area contributed by atoms with Crippen molar-refractivity contribution in [2.45, 2.75) is 19.6 Å². The third kappa shape index (κ3) is 3.13. The van der Waals surface area contributed by atoms with Crippen molar-refractivity contribution in [2.75, 3.05) is 13.2 Å². The molecular formula is C16H16FN3O. The number of hydrogen-bond acceptors (Lipinski definition) is 3. The summed E-state index contributed by atoms with van der Waals surface area (Å²) in [5.41, 5.74) is 1.24. The molecule has 1 aliphatic rings. The highest BCUT2D eigenvalue weighted by Gasteiger charge is 2.17. The molecule has 0 unspecified atom stereocenters. The van der Waals surface area contributed by atoms with Crippen LogP contribution < -0.4 is 0 Å². The minimum absolute atomic E-state index is 0.218. The highest BCUT2D eigenvalue weighted by atomic mass is 19.1. The first-order valence-electron chi connectivity index (χ1n) is 6.87. The predicted molar refractivity (Wildman–Crippen MR) is 76.7 cm³/mol. The van der Waals surface area contributed by atoms with Crippen molar-refractivity contribution >= 4 is 0 Å². The molecule has 0 fully saturated rings. The molecule has 1 N–H and O–H groups in total. The van der Waals surface area contributed by atoms with Crippen molar-refractivity contribution in [1.29, 1.82) is 0 Å². The molecule has 0 spiro atoms. The first-order valence-corrected chi connectivity index (χ1v) is 6.87. The average molecular weight is 285 g/mol. The monoisotopic (exact) mass is 285 g/mol. The smallest absolute Gasteiger partial charge is 0.128 e. The second-order valence-electron chi connectivity index (χ2n) is 5.01. The zero-order valence-electron chi connectivity index (χ0n) is 11.6. The molecule has 0 aliphatic carbocycles. The molecule has 2 aromatic rings. The SMILES string of the molecule is OCC#Cc1ccc(CN2CCn3ccnc3C2)c(F)c1. The summed E-state index contributed by atoms with van der Waals surface area (Å²) >= 11 is 0. The first-order chi connectivity index (χ1) is 10.3. The van der Waals surface area contributed by atoms with Gasteiger partial charge in [-0.1, -0.05) is 17.9 Å². The largest absolute Gasteiger partial charge is 0.384 e. The summed E-state index contributed by atoms with van der Waals surface area (Å²) in [6.45, 7) is 2.85. The van der Waals surface area contributed by atoms with Gasteiger partial charge in [0.15, 0.2) is 0 Å². The third-order valence-electron chi connectivity index (χ3n) is 3.58. The molecule has 108 valence electrons. The fraction of sp³-hybridized carbons (Fsp3) is 0.312. The highest BCUT2D eigenvalue weighted by molar-refractivity contribution is 5.37. The topological polar surface area (TPSA) is 41.3 Å². The van der Waals surface area contributed by atoms with Crippen LogP contribution in [0, 0.1) is 17.7 Å². The van der Waals surface area contributed by atoms with Crippen LogP contribution in [0.5, 0.6) is 0 Å². The van der Waals surface area contributed by atoms with Crippen LogP contribution in [0.3, 0.4) is 0 Å². The lowest BCUT2D eigenvalue weighted by Crippen LogP contribution is -2.33. The lowest BCUT2D eigenvalue weighted by atomic mass is 10.1. The van der Waals surface area contributed by atoms with Gasteiger partial charge in [0.05, 0.1) is 6.54 Å². The Bertz CT molecular complexity index is 699. The number of halogens is 1. The fourth-order valence-electron chi connectivity index (χ4n) is 2.49. The van der Waals surface area contributed by atoms with E-state index in [1.807, 2.05) is 6.20 Å². The summed E-state index contributed by atoms with van der Waals surface area (Å²) in [5, 5.41) is 8.65. The number of fused-ring (bicyclic) bond motifs is 1. The van der Waals surface area contributed by atoms with E-state index in [1.54, 1.807) is 18.3 Å². The fourth-order valence-corrected chi connectivity index (χ4v) is 2.49. The molecule has 5 heteroatoms. The van der Waals surface area contributed by atoms with E-state index < -0.39 is 0 Å². The highest BCUT2D eigenvalue weighted by Crippen LogP contribution is 2.17. The molecule has 0 saturated heterocycles. The Labute approximate surface area is 122 Å². The van der Waals surface area contributed by atoms with Gasteiger partial charge in [-0.25, -0.2) is 9.37 Å². The van der Waals surface area contributed by atoms with Crippen LogP contribution in [-0.4, -0.2) is 32.7 Å². The van der Waals surface area contributed by atoms with E-state index in [9.17, 15) is 4.39 Å². The Balaban J connectivity index is 1.71. The summed E-state index contributed by atoms with van der Waals surface area (Å²) in [6.07, 6.45) is 3.77. The molecule has 0 atom stereocenters. The Kier molecular flexibility index (Phi) is 4.00. The zero-order valence-corrected chi connectivity index (χ0v) is 11.6. The normalized spacial score (nSPS) is 14.4. The number of aliphatic hydroxyl groups excluding tert-OH is 1. The van der Waals surface area contributed by atoms with E-state index in [0.29, 0.717) is 17.7 Å². The second-order valence-corrected chi connectivity index (χ2v) is 5.01. The Morgan fingerprint density at radius 2 is 2.24 bits per heavy atom. The molecule has 1 aliphatic heterocycles. The molecule has 0 radical (unpaired) electrons. The van der Waals surface area contributed by atoms with Crippen molar-refractivity contribution in [1.82, 2.24) is 14.5 Å². The molecule has 0 saturated carbocycles. The van der Waals surface area contributed by atoms with Gasteiger partial charge in [0.2, 0.25) is 0 Å². The average Bonchev–Trinajstić information content (AvgIpc) is 2.95. The molecule has 1 aromatic carbocycles. The van der Waals surface area contributed by atoms with Gasteiger partial charge in [-0.05, 0) is 12.1 Å². The number of aliphatic hydroxyl groups is 1. The molecule has 1 aromatic heterocycles. The summed E-state index contributed by atoms with van der Waals surface area (Å²) in [6, 6.07) is 4.96. The van der Waals surface area contributed by atoms with Gasteiger partial charge in [-0.3, -0.25) is 4.90 Å². The van der Waals surface area contributed by atoms with Crippen LogP contribution in [0.4, 0.5) is 4.39 Å². The molecule has 4 nitrogen and oxygen atoms in total. The maximum atomic E-state index is 14.1. The van der Waals surface area contributed by atoms with Crippen LogP contribution in [0.1, 0.15) is 17.0 Å². The van der Waals surface area contributed by atoms with Gasteiger partial charge in [0.1, 0.15) is 18.2 Å². The van der Waals surface area contributed by atoms with Gasteiger partial charge in [0.25, 0.3) is 0 Å². The molecule has 21 heavy (non-hydrogen) atoms. The van der Waals surface area contributed by atoms with Crippen LogP contribution in [0.15, 0.2) is 30.6 Å². The van der Waals surface area contributed by atoms with E-state index >= 15 is 0 Å². The first kappa shape index (κ1) is 13.8. The summed E-state index contributed by atoms with van der Waals surface area (Å²) in [4.78, 5) is 6.48. The molecule has 2 heterocycles. The van der Waals surface area contributed by atoms with Crippen molar-refractivity contribution < 1.29 is 9.50 Å². The Morgan fingerprint density at radius 3 is 3.05 bits per heavy atom. The van der Waals surface area contributed by atoms with E-state index in [4.69, 9.17) is 5.11 Å². The number of rotatable bonds is 2. The van der Waals surface area contributed by atoms with Crippen molar-refractivity contribution in [3.63, 3.8) is 0 Å². The number of aromatic nitrogens is 2. The standard InChI is InChI=1S/C16H16FN3O/c17-15-10-13(2-1-9-21)3-4-14(15)11-19-7-8-20-6-5-18-16(20)12-19/h3-6,10,21H,7-9,11-12H2. The Hall–Kier alpha value is -2.16. The van der Waals surface area contributed by atoms with Crippen molar-refractivity contribution in [2.24, 2.45) is 0 Å². The van der Waals surface area contributed by atoms with Gasteiger partial charge in [-0.15, -0.1) is 0 Å². The lowest BCUT2D eigenvalue weighted by molar-refractivity contribution is 0.206. The zero-order chi connectivity index (χ0) is 14.7. The van der Waals surface area contributed by atoms with Gasteiger partial charge >= 0.3 is 0 Å².